The molecule has 2 rings (SSSR count). The van der Waals surface area contributed by atoms with E-state index >= 15 is 0 Å². The molecule has 0 atom stereocenters. The van der Waals surface area contributed by atoms with Gasteiger partial charge in [-0.1, -0.05) is 5.59 Å². The molecule has 0 spiro atoms. The van der Waals surface area contributed by atoms with Gasteiger partial charge < -0.3 is 9.57 Å². The zero-order chi connectivity index (χ0) is 15.4. The van der Waals surface area contributed by atoms with E-state index in [4.69, 9.17) is 9.57 Å². The summed E-state index contributed by atoms with van der Waals surface area (Å²) >= 11 is 0. The minimum Gasteiger partial charge on any atom is -0.497 e. The highest BCUT2D eigenvalue weighted by molar-refractivity contribution is 5.95. The number of hydrogen-bond donors (Lipinski definition) is 1. The van der Waals surface area contributed by atoms with Gasteiger partial charge in [-0.2, -0.15) is 0 Å². The van der Waals surface area contributed by atoms with E-state index in [1.54, 1.807) is 38.3 Å². The summed E-state index contributed by atoms with van der Waals surface area (Å²) in [5, 5.41) is 8.53. The van der Waals surface area contributed by atoms with Gasteiger partial charge in [0.15, 0.2) is 5.70 Å². The third-order valence-corrected chi connectivity index (χ3v) is 2.66. The SMILES string of the molecule is COc1ccc(N2NOC(=O)/C2=C(/C)N=NC(C)=O)cc1. The van der Waals surface area contributed by atoms with Crippen molar-refractivity contribution in [1.82, 2.24) is 5.59 Å². The van der Waals surface area contributed by atoms with Gasteiger partial charge >= 0.3 is 5.97 Å². The second kappa shape index (κ2) is 6.14. The summed E-state index contributed by atoms with van der Waals surface area (Å²) in [5.74, 6) is -0.375. The Morgan fingerprint density at radius 1 is 1.24 bits per heavy atom. The first-order valence-electron chi connectivity index (χ1n) is 6.07. The van der Waals surface area contributed by atoms with Crippen LogP contribution in [-0.2, 0) is 14.4 Å². The molecule has 0 unspecified atom stereocenters. The van der Waals surface area contributed by atoms with E-state index in [-0.39, 0.29) is 11.4 Å². The van der Waals surface area contributed by atoms with Crippen molar-refractivity contribution < 1.29 is 19.2 Å². The van der Waals surface area contributed by atoms with Crippen LogP contribution in [0.25, 0.3) is 0 Å². The van der Waals surface area contributed by atoms with E-state index in [9.17, 15) is 9.59 Å². The first-order valence-corrected chi connectivity index (χ1v) is 6.07. The molecule has 0 bridgehead atoms. The van der Waals surface area contributed by atoms with Crippen LogP contribution in [0.4, 0.5) is 5.69 Å². The van der Waals surface area contributed by atoms with E-state index in [1.807, 2.05) is 0 Å². The van der Waals surface area contributed by atoms with Crippen molar-refractivity contribution in [3.05, 3.63) is 35.7 Å². The first-order chi connectivity index (χ1) is 10.0. The molecule has 1 saturated heterocycles. The molecule has 0 aromatic heterocycles. The zero-order valence-electron chi connectivity index (χ0n) is 11.8. The lowest BCUT2D eigenvalue weighted by molar-refractivity contribution is -0.140. The summed E-state index contributed by atoms with van der Waals surface area (Å²) in [6.45, 7) is 2.83. The van der Waals surface area contributed by atoms with Crippen LogP contribution in [0, 0.1) is 0 Å². The number of ether oxygens (including phenoxy) is 1. The maximum atomic E-state index is 11.8. The van der Waals surface area contributed by atoms with Gasteiger partial charge in [0.1, 0.15) is 5.75 Å². The molecule has 1 N–H and O–H groups in total. The van der Waals surface area contributed by atoms with Gasteiger partial charge in [-0.25, -0.2) is 9.80 Å². The quantitative estimate of drug-likeness (QED) is 0.673. The molecule has 1 aliphatic rings. The number of hydrazine groups is 1. The van der Waals surface area contributed by atoms with Gasteiger partial charge in [0.2, 0.25) is 0 Å². The highest BCUT2D eigenvalue weighted by atomic mass is 16.7. The molecule has 1 aromatic rings. The maximum absolute atomic E-state index is 11.8. The molecule has 8 nitrogen and oxygen atoms in total. The molecule has 0 radical (unpaired) electrons. The van der Waals surface area contributed by atoms with Crippen LogP contribution in [0.2, 0.25) is 0 Å². The molecule has 1 fully saturated rings. The van der Waals surface area contributed by atoms with Crippen LogP contribution in [0.15, 0.2) is 45.9 Å². The van der Waals surface area contributed by atoms with E-state index < -0.39 is 11.9 Å². The number of carbonyl (C=O) groups is 2. The monoisotopic (exact) mass is 290 g/mol. The van der Waals surface area contributed by atoms with Crippen LogP contribution in [0.5, 0.6) is 5.75 Å². The molecule has 8 heteroatoms. The van der Waals surface area contributed by atoms with E-state index in [1.165, 1.54) is 11.9 Å². The number of anilines is 1. The largest absolute Gasteiger partial charge is 0.497 e. The fourth-order valence-electron chi connectivity index (χ4n) is 1.69. The molecule has 1 aliphatic heterocycles. The summed E-state index contributed by atoms with van der Waals surface area (Å²) in [5.41, 5.74) is 3.54. The van der Waals surface area contributed by atoms with Gasteiger partial charge in [0.05, 0.1) is 18.5 Å². The second-order valence-electron chi connectivity index (χ2n) is 4.17. The molecule has 0 aliphatic carbocycles. The first kappa shape index (κ1) is 14.7. The van der Waals surface area contributed by atoms with Crippen LogP contribution < -0.4 is 15.3 Å². The summed E-state index contributed by atoms with van der Waals surface area (Å²) in [4.78, 5) is 27.4. The van der Waals surface area contributed by atoms with Crippen LogP contribution in [0.3, 0.4) is 0 Å². The van der Waals surface area contributed by atoms with Crippen molar-refractivity contribution in [2.45, 2.75) is 13.8 Å². The third-order valence-electron chi connectivity index (χ3n) is 2.66. The van der Waals surface area contributed by atoms with Gasteiger partial charge in [-0.15, -0.1) is 10.2 Å². The van der Waals surface area contributed by atoms with Gasteiger partial charge in [-0.05, 0) is 31.2 Å². The number of carbonyl (C=O) groups excluding carboxylic acids is 2. The van der Waals surface area contributed by atoms with E-state index in [0.717, 1.165) is 0 Å². The molecule has 110 valence electrons. The Balaban J connectivity index is 2.35. The maximum Gasteiger partial charge on any atom is 0.378 e. The van der Waals surface area contributed by atoms with Gasteiger partial charge in [-0.3, -0.25) is 4.79 Å². The Kier molecular flexibility index (Phi) is 4.29. The van der Waals surface area contributed by atoms with E-state index in [2.05, 4.69) is 15.8 Å². The standard InChI is InChI=1S/C13H14N4O4/c1-8(14-15-9(2)18)12-13(19)21-16-17(12)10-4-6-11(20-3)7-5-10/h4-7,16H,1-3H3/b12-8+,15-14?. The highest BCUT2D eigenvalue weighted by Crippen LogP contribution is 2.26. The Morgan fingerprint density at radius 3 is 2.48 bits per heavy atom. The number of hydrogen-bond acceptors (Lipinski definition) is 7. The number of methoxy groups -OCH3 is 1. The molecular formula is C13H14N4O4. The Labute approximate surface area is 121 Å². The third kappa shape index (κ3) is 3.23. The number of allylic oxidation sites excluding steroid dienone is 1. The minimum absolute atomic E-state index is 0.158. The number of rotatable bonds is 3. The van der Waals surface area contributed by atoms with Crippen molar-refractivity contribution >= 4 is 17.6 Å². The summed E-state index contributed by atoms with van der Waals surface area (Å²) in [7, 11) is 1.56. The Morgan fingerprint density at radius 2 is 1.90 bits per heavy atom. The molecule has 1 heterocycles. The lowest BCUT2D eigenvalue weighted by Crippen LogP contribution is -2.29. The lowest BCUT2D eigenvalue weighted by atomic mass is 10.2. The number of amides is 1. The van der Waals surface area contributed by atoms with Crippen LogP contribution in [-0.4, -0.2) is 19.0 Å². The molecular weight excluding hydrogens is 276 g/mol. The fraction of sp³-hybridized carbons (Fsp3) is 0.231. The van der Waals surface area contributed by atoms with Crippen LogP contribution >= 0.6 is 0 Å². The topological polar surface area (TPSA) is 92.6 Å². The van der Waals surface area contributed by atoms with Crippen LogP contribution in [0.1, 0.15) is 13.8 Å². The second-order valence-corrected chi connectivity index (χ2v) is 4.17. The highest BCUT2D eigenvalue weighted by Gasteiger charge is 2.31. The molecule has 1 aromatic carbocycles. The van der Waals surface area contributed by atoms with Crippen molar-refractivity contribution in [2.75, 3.05) is 12.1 Å². The summed E-state index contributed by atoms with van der Waals surface area (Å²) in [6, 6.07) is 6.96. The van der Waals surface area contributed by atoms with E-state index in [0.29, 0.717) is 11.4 Å². The summed E-state index contributed by atoms with van der Waals surface area (Å²) in [6.07, 6.45) is 0. The normalized spacial score (nSPS) is 17.1. The number of nitrogens with zero attached hydrogens (tertiary/aromatic N) is 3. The average Bonchev–Trinajstić information content (AvgIpc) is 2.86. The predicted molar refractivity (Wildman–Crippen MR) is 72.9 cm³/mol. The van der Waals surface area contributed by atoms with Gasteiger partial charge in [0.25, 0.3) is 5.91 Å². The zero-order valence-corrected chi connectivity index (χ0v) is 11.8. The smallest absolute Gasteiger partial charge is 0.378 e. The Bertz CT molecular complexity index is 622. The summed E-state index contributed by atoms with van der Waals surface area (Å²) < 4.78 is 5.07. The number of nitrogens with one attached hydrogen (secondary N) is 1. The molecule has 1 amide bonds. The van der Waals surface area contributed by atoms with Crippen molar-refractivity contribution in [3.8, 4) is 5.75 Å². The fourth-order valence-corrected chi connectivity index (χ4v) is 1.69. The molecule has 0 saturated carbocycles. The van der Waals surface area contributed by atoms with Crippen molar-refractivity contribution in [1.29, 1.82) is 0 Å². The Hall–Kier alpha value is -2.74. The van der Waals surface area contributed by atoms with Crippen molar-refractivity contribution in [3.63, 3.8) is 0 Å². The number of benzene rings is 1. The molecule has 21 heavy (non-hydrogen) atoms. The minimum atomic E-state index is -0.606. The lowest BCUT2D eigenvalue weighted by Gasteiger charge is -2.16. The van der Waals surface area contributed by atoms with Crippen molar-refractivity contribution in [2.24, 2.45) is 10.2 Å². The predicted octanol–water partition coefficient (Wildman–Crippen LogP) is 1.71. The van der Waals surface area contributed by atoms with Gasteiger partial charge in [0, 0.05) is 6.92 Å². The number of azo groups is 1. The average molecular weight is 290 g/mol.